The fourth-order valence-corrected chi connectivity index (χ4v) is 3.83. The molecule has 0 aliphatic carbocycles. The number of rotatable bonds is 6. The predicted octanol–water partition coefficient (Wildman–Crippen LogP) is 3.82. The summed E-state index contributed by atoms with van der Waals surface area (Å²) in [5, 5.41) is 20.0. The van der Waals surface area contributed by atoms with Gasteiger partial charge in [-0.15, -0.1) is 10.2 Å². The maximum absolute atomic E-state index is 14.8. The van der Waals surface area contributed by atoms with Crippen LogP contribution in [0.2, 0.25) is 0 Å². The van der Waals surface area contributed by atoms with Gasteiger partial charge in [-0.05, 0) is 62.6 Å². The quantitative estimate of drug-likeness (QED) is 0.530. The number of hydrogen-bond acceptors (Lipinski definition) is 7. The number of anilines is 1. The smallest absolute Gasteiger partial charge is 0.410 e. The molecule has 0 fully saturated rings. The third-order valence-corrected chi connectivity index (χ3v) is 5.67. The van der Waals surface area contributed by atoms with Crippen molar-refractivity contribution >= 4 is 17.8 Å². The Labute approximate surface area is 209 Å². The molecule has 0 bridgehead atoms. The molecule has 3 aromatic rings. The number of nitrogens with one attached hydrogen (secondary N) is 1. The molecule has 0 saturated carbocycles. The van der Waals surface area contributed by atoms with Crippen LogP contribution >= 0.6 is 0 Å². The van der Waals surface area contributed by atoms with Crippen LogP contribution in [0.15, 0.2) is 36.7 Å². The molecule has 1 aliphatic rings. The second-order valence-corrected chi connectivity index (χ2v) is 8.66. The van der Waals surface area contributed by atoms with Gasteiger partial charge in [0.2, 0.25) is 0 Å². The molecule has 2 amide bonds. The molecule has 11 heteroatoms. The predicted molar refractivity (Wildman–Crippen MR) is 132 cm³/mol. The molecular weight excluding hydrogens is 467 g/mol. The summed E-state index contributed by atoms with van der Waals surface area (Å²) in [7, 11) is 0. The van der Waals surface area contributed by atoms with Crippen LogP contribution in [0.1, 0.15) is 55.7 Å². The summed E-state index contributed by atoms with van der Waals surface area (Å²) in [6, 6.07) is 7.52. The third-order valence-electron chi connectivity index (χ3n) is 5.67. The highest BCUT2D eigenvalue weighted by Gasteiger charge is 2.25. The minimum atomic E-state index is -0.665. The molecule has 0 saturated heterocycles. The van der Waals surface area contributed by atoms with Crippen molar-refractivity contribution in [2.24, 2.45) is 0 Å². The lowest BCUT2D eigenvalue weighted by Gasteiger charge is -2.29. The van der Waals surface area contributed by atoms with Crippen LogP contribution in [0.3, 0.4) is 0 Å². The van der Waals surface area contributed by atoms with Crippen LogP contribution in [0.4, 0.5) is 15.0 Å². The van der Waals surface area contributed by atoms with Crippen LogP contribution in [-0.2, 0) is 17.7 Å². The molecular formula is C25H31FN6O4. The van der Waals surface area contributed by atoms with Crippen molar-refractivity contribution in [1.29, 1.82) is 0 Å². The van der Waals surface area contributed by atoms with Gasteiger partial charge >= 0.3 is 6.09 Å². The molecule has 10 nitrogen and oxygen atoms in total. The molecule has 1 aromatic carbocycles. The lowest BCUT2D eigenvalue weighted by Crippen LogP contribution is -2.37. The summed E-state index contributed by atoms with van der Waals surface area (Å²) in [6.45, 7) is 5.89. The first-order valence-electron chi connectivity index (χ1n) is 11.3. The number of aromatic nitrogens is 4. The number of pyridine rings is 1. The molecule has 0 unspecified atom stereocenters. The fraction of sp³-hybridized carbons (Fsp3) is 0.400. The molecule has 0 radical (unpaired) electrons. The summed E-state index contributed by atoms with van der Waals surface area (Å²) in [4.78, 5) is 31.2. The second kappa shape index (κ2) is 11.3. The lowest BCUT2D eigenvalue weighted by atomic mass is 9.97. The van der Waals surface area contributed by atoms with E-state index in [0.717, 1.165) is 5.56 Å². The van der Waals surface area contributed by atoms with Gasteiger partial charge in [0.15, 0.2) is 5.82 Å². The zero-order chi connectivity index (χ0) is 25.1. The molecule has 3 heterocycles. The first kappa shape index (κ1) is 26.7. The van der Waals surface area contributed by atoms with Gasteiger partial charge in [0.05, 0.1) is 24.3 Å². The number of carbonyl (C=O) groups is 2. The molecule has 1 aliphatic heterocycles. The number of hydrogen-bond donors (Lipinski definition) is 2. The number of ether oxygens (including phenoxy) is 1. The maximum atomic E-state index is 14.8. The fourth-order valence-electron chi connectivity index (χ4n) is 3.83. The van der Waals surface area contributed by atoms with E-state index in [1.165, 1.54) is 23.4 Å². The normalized spacial score (nSPS) is 13.6. The van der Waals surface area contributed by atoms with E-state index in [1.54, 1.807) is 43.5 Å². The third kappa shape index (κ3) is 5.68. The van der Waals surface area contributed by atoms with Crippen LogP contribution in [-0.4, -0.2) is 61.0 Å². The summed E-state index contributed by atoms with van der Waals surface area (Å²) in [6.07, 6.45) is 1.27. The average molecular weight is 499 g/mol. The van der Waals surface area contributed by atoms with Gasteiger partial charge in [0.1, 0.15) is 23.7 Å². The number of aliphatic hydroxyl groups is 1. The highest BCUT2D eigenvalue weighted by Crippen LogP contribution is 2.25. The Morgan fingerprint density at radius 3 is 2.72 bits per heavy atom. The Balaban J connectivity index is 0.00000361. The van der Waals surface area contributed by atoms with Gasteiger partial charge in [-0.2, -0.15) is 0 Å². The summed E-state index contributed by atoms with van der Waals surface area (Å²) >= 11 is 0. The number of aliphatic hydroxyl groups excluding tert-OH is 1. The monoisotopic (exact) mass is 498 g/mol. The molecule has 2 aromatic heterocycles. The van der Waals surface area contributed by atoms with Gasteiger partial charge in [-0.1, -0.05) is 13.5 Å². The zero-order valence-electron chi connectivity index (χ0n) is 19.7. The molecule has 192 valence electrons. The Bertz CT molecular complexity index is 1250. The van der Waals surface area contributed by atoms with E-state index in [9.17, 15) is 19.1 Å². The maximum Gasteiger partial charge on any atom is 0.410 e. The second-order valence-electron chi connectivity index (χ2n) is 8.66. The summed E-state index contributed by atoms with van der Waals surface area (Å²) in [5.41, 5.74) is 1.74. The summed E-state index contributed by atoms with van der Waals surface area (Å²) in [5.74, 6) is -0.678. The van der Waals surface area contributed by atoms with Crippen molar-refractivity contribution in [3.8, 4) is 11.5 Å². The number of halogens is 1. The van der Waals surface area contributed by atoms with Crippen LogP contribution < -0.4 is 5.32 Å². The minimum absolute atomic E-state index is 0. The number of nitrogens with zero attached hydrogens (tertiary/aromatic N) is 5. The molecule has 4 rings (SSSR count). The Morgan fingerprint density at radius 2 is 2.00 bits per heavy atom. The van der Waals surface area contributed by atoms with Gasteiger partial charge in [-0.3, -0.25) is 4.79 Å². The number of carbonyl (C=O) groups excluding carboxylic acids is 2. The van der Waals surface area contributed by atoms with Gasteiger partial charge in [0.25, 0.3) is 5.91 Å². The van der Waals surface area contributed by atoms with Crippen LogP contribution in [0.25, 0.3) is 11.5 Å². The number of amides is 2. The van der Waals surface area contributed by atoms with Crippen molar-refractivity contribution < 1.29 is 23.8 Å². The van der Waals surface area contributed by atoms with Crippen molar-refractivity contribution in [2.45, 2.75) is 53.3 Å². The van der Waals surface area contributed by atoms with Crippen molar-refractivity contribution in [2.75, 3.05) is 18.5 Å². The van der Waals surface area contributed by atoms with E-state index in [-0.39, 0.29) is 44.1 Å². The first-order chi connectivity index (χ1) is 16.8. The van der Waals surface area contributed by atoms with Crippen molar-refractivity contribution in [3.63, 3.8) is 0 Å². The highest BCUT2D eigenvalue weighted by molar-refractivity contribution is 6.04. The number of benzene rings is 1. The SMILES string of the molecule is C.CC(C)OC(=O)N1CCc2cc(F)c(C(=O)Nc3cccc(-c4nncn4[C@H](C)CO)n3)cc2C1. The first-order valence-corrected chi connectivity index (χ1v) is 11.3. The van der Waals surface area contributed by atoms with E-state index in [1.807, 2.05) is 0 Å². The van der Waals surface area contributed by atoms with E-state index in [0.29, 0.717) is 30.0 Å². The van der Waals surface area contributed by atoms with E-state index >= 15 is 0 Å². The lowest BCUT2D eigenvalue weighted by molar-refractivity contribution is 0.0729. The van der Waals surface area contributed by atoms with Gasteiger partial charge in [0, 0.05) is 13.1 Å². The molecule has 2 N–H and O–H groups in total. The standard InChI is InChI=1S/C24H27FN6O4.CH4/c1-14(2)35-24(34)30-8-7-16-10-19(25)18(9-17(16)11-30)23(33)28-21-6-4-5-20(27-21)22-29-26-13-31(22)15(3)12-32;/h4-6,9-10,13-15,32H,7-8,11-12H2,1-3H3,(H,27,28,33);1H4/t15-;/m1./s1. The van der Waals surface area contributed by atoms with E-state index < -0.39 is 17.8 Å². The Hall–Kier alpha value is -3.86. The molecule has 1 atom stereocenters. The largest absolute Gasteiger partial charge is 0.447 e. The van der Waals surface area contributed by atoms with Crippen molar-refractivity contribution in [3.05, 3.63) is 59.2 Å². The number of fused-ring (bicyclic) bond motifs is 1. The van der Waals surface area contributed by atoms with Crippen molar-refractivity contribution in [1.82, 2.24) is 24.6 Å². The van der Waals surface area contributed by atoms with E-state index in [4.69, 9.17) is 4.74 Å². The minimum Gasteiger partial charge on any atom is -0.447 e. The Kier molecular flexibility index (Phi) is 8.36. The zero-order valence-corrected chi connectivity index (χ0v) is 19.7. The highest BCUT2D eigenvalue weighted by atomic mass is 19.1. The van der Waals surface area contributed by atoms with Crippen LogP contribution in [0.5, 0.6) is 0 Å². The van der Waals surface area contributed by atoms with Gasteiger partial charge < -0.3 is 24.6 Å². The van der Waals surface area contributed by atoms with E-state index in [2.05, 4.69) is 20.5 Å². The Morgan fingerprint density at radius 1 is 1.22 bits per heavy atom. The van der Waals surface area contributed by atoms with Gasteiger partial charge in [-0.25, -0.2) is 14.2 Å². The molecule has 0 spiro atoms. The average Bonchev–Trinajstić information content (AvgIpc) is 3.32. The summed E-state index contributed by atoms with van der Waals surface area (Å²) < 4.78 is 21.7. The van der Waals surface area contributed by atoms with Crippen LogP contribution in [0, 0.1) is 5.82 Å². The molecule has 36 heavy (non-hydrogen) atoms. The topological polar surface area (TPSA) is 122 Å².